The Morgan fingerprint density at radius 3 is 2.84 bits per heavy atom. The van der Waals surface area contributed by atoms with Crippen LogP contribution in [0.3, 0.4) is 0 Å². The Morgan fingerprint density at radius 2 is 2.26 bits per heavy atom. The molecule has 0 aliphatic rings. The summed E-state index contributed by atoms with van der Waals surface area (Å²) in [5.74, 6) is 3.97. The average Bonchev–Trinajstić information content (AvgIpc) is 2.41. The van der Waals surface area contributed by atoms with Crippen LogP contribution in [0, 0.1) is 17.7 Å². The standard InChI is InChI=1S/C14H16FNO3/c1-16(7-9-19-2)14(18)12-6-5-11(4-3-8-17)10-13(12)15/h5-6,10,17H,7-9H2,1-2H3. The summed E-state index contributed by atoms with van der Waals surface area (Å²) < 4.78 is 18.7. The Bertz CT molecular complexity index is 505. The zero-order valence-corrected chi connectivity index (χ0v) is 10.9. The molecule has 1 amide bonds. The SMILES string of the molecule is COCCN(C)C(=O)c1ccc(C#CCO)cc1F. The molecule has 0 heterocycles. The monoisotopic (exact) mass is 265 g/mol. The van der Waals surface area contributed by atoms with Crippen LogP contribution >= 0.6 is 0 Å². The molecular formula is C14H16FNO3. The highest BCUT2D eigenvalue weighted by Gasteiger charge is 2.15. The number of carbonyl (C=O) groups excluding carboxylic acids is 1. The fourth-order valence-corrected chi connectivity index (χ4v) is 1.44. The highest BCUT2D eigenvalue weighted by Crippen LogP contribution is 2.12. The lowest BCUT2D eigenvalue weighted by Gasteiger charge is -2.16. The van der Waals surface area contributed by atoms with E-state index < -0.39 is 11.7 Å². The molecule has 0 spiro atoms. The maximum Gasteiger partial charge on any atom is 0.256 e. The number of likely N-dealkylation sites (N-methyl/N-ethyl adjacent to an activating group) is 1. The number of ether oxygens (including phenoxy) is 1. The van der Waals surface area contributed by atoms with E-state index in [0.29, 0.717) is 18.7 Å². The molecule has 0 aliphatic carbocycles. The first-order chi connectivity index (χ1) is 9.10. The minimum Gasteiger partial charge on any atom is -0.384 e. The minimum absolute atomic E-state index is 0.00634. The Morgan fingerprint density at radius 1 is 1.53 bits per heavy atom. The summed E-state index contributed by atoms with van der Waals surface area (Å²) in [7, 11) is 3.12. The van der Waals surface area contributed by atoms with Gasteiger partial charge in [-0.25, -0.2) is 4.39 Å². The number of nitrogens with zero attached hydrogens (tertiary/aromatic N) is 1. The van der Waals surface area contributed by atoms with E-state index in [-0.39, 0.29) is 12.2 Å². The molecule has 102 valence electrons. The second-order valence-electron chi connectivity index (χ2n) is 3.87. The maximum absolute atomic E-state index is 13.8. The molecule has 0 aromatic heterocycles. The van der Waals surface area contributed by atoms with Crippen LogP contribution in [-0.2, 0) is 4.74 Å². The van der Waals surface area contributed by atoms with Crippen LogP contribution in [-0.4, -0.2) is 49.8 Å². The van der Waals surface area contributed by atoms with Crippen molar-refractivity contribution in [1.82, 2.24) is 4.90 Å². The average molecular weight is 265 g/mol. The first kappa shape index (κ1) is 15.2. The Kier molecular flexibility index (Phi) is 6.00. The van der Waals surface area contributed by atoms with Crippen molar-refractivity contribution in [2.75, 3.05) is 33.9 Å². The van der Waals surface area contributed by atoms with E-state index >= 15 is 0 Å². The van der Waals surface area contributed by atoms with Crippen LogP contribution in [0.15, 0.2) is 18.2 Å². The van der Waals surface area contributed by atoms with Crippen LogP contribution in [0.25, 0.3) is 0 Å². The topological polar surface area (TPSA) is 49.8 Å². The smallest absolute Gasteiger partial charge is 0.256 e. The van der Waals surface area contributed by atoms with Gasteiger partial charge in [0.2, 0.25) is 0 Å². The Balaban J connectivity index is 2.87. The van der Waals surface area contributed by atoms with Gasteiger partial charge in [0.25, 0.3) is 5.91 Å². The zero-order chi connectivity index (χ0) is 14.3. The molecule has 1 aromatic rings. The van der Waals surface area contributed by atoms with E-state index in [1.807, 2.05) is 0 Å². The van der Waals surface area contributed by atoms with Crippen molar-refractivity contribution in [3.63, 3.8) is 0 Å². The molecule has 19 heavy (non-hydrogen) atoms. The summed E-state index contributed by atoms with van der Waals surface area (Å²) in [6.07, 6.45) is 0. The second kappa shape index (κ2) is 7.52. The molecule has 5 heteroatoms. The highest BCUT2D eigenvalue weighted by molar-refractivity contribution is 5.94. The number of amides is 1. The quantitative estimate of drug-likeness (QED) is 0.822. The van der Waals surface area contributed by atoms with E-state index in [9.17, 15) is 9.18 Å². The lowest BCUT2D eigenvalue weighted by molar-refractivity contribution is 0.0739. The van der Waals surface area contributed by atoms with Crippen LogP contribution in [0.5, 0.6) is 0 Å². The van der Waals surface area contributed by atoms with Crippen LogP contribution in [0.4, 0.5) is 4.39 Å². The summed E-state index contributed by atoms with van der Waals surface area (Å²) in [5.41, 5.74) is 0.413. The van der Waals surface area contributed by atoms with E-state index in [4.69, 9.17) is 9.84 Å². The van der Waals surface area contributed by atoms with Crippen LogP contribution in [0.2, 0.25) is 0 Å². The van der Waals surface area contributed by atoms with E-state index in [1.54, 1.807) is 13.1 Å². The predicted octanol–water partition coefficient (Wildman–Crippen LogP) is 0.888. The first-order valence-corrected chi connectivity index (χ1v) is 5.73. The molecule has 4 nitrogen and oxygen atoms in total. The maximum atomic E-state index is 13.8. The number of halogens is 1. The molecule has 0 saturated heterocycles. The number of hydrogen-bond donors (Lipinski definition) is 1. The molecule has 1 aromatic carbocycles. The fraction of sp³-hybridized carbons (Fsp3) is 0.357. The van der Waals surface area contributed by atoms with Gasteiger partial charge in [-0.15, -0.1) is 0 Å². The first-order valence-electron chi connectivity index (χ1n) is 5.73. The number of rotatable bonds is 4. The van der Waals surface area contributed by atoms with E-state index in [1.165, 1.54) is 24.1 Å². The Hall–Kier alpha value is -1.90. The molecule has 1 N–H and O–H groups in total. The summed E-state index contributed by atoms with van der Waals surface area (Å²) in [6.45, 7) is 0.493. The van der Waals surface area contributed by atoms with E-state index in [2.05, 4.69) is 11.8 Å². The van der Waals surface area contributed by atoms with Crippen molar-refractivity contribution in [1.29, 1.82) is 0 Å². The summed E-state index contributed by atoms with van der Waals surface area (Å²) in [6, 6.07) is 4.12. The van der Waals surface area contributed by atoms with Gasteiger partial charge in [0.15, 0.2) is 0 Å². The molecule has 1 rings (SSSR count). The van der Waals surface area contributed by atoms with Crippen LogP contribution in [0.1, 0.15) is 15.9 Å². The predicted molar refractivity (Wildman–Crippen MR) is 69.2 cm³/mol. The van der Waals surface area contributed by atoms with Gasteiger partial charge in [-0.3, -0.25) is 4.79 Å². The van der Waals surface area contributed by atoms with Crippen molar-refractivity contribution in [2.24, 2.45) is 0 Å². The van der Waals surface area contributed by atoms with Gasteiger partial charge in [-0.05, 0) is 18.2 Å². The van der Waals surface area contributed by atoms with Crippen molar-refractivity contribution in [2.45, 2.75) is 0 Å². The molecule has 0 bridgehead atoms. The van der Waals surface area contributed by atoms with Gasteiger partial charge in [-0.1, -0.05) is 11.8 Å². The number of aliphatic hydroxyl groups is 1. The highest BCUT2D eigenvalue weighted by atomic mass is 19.1. The van der Waals surface area contributed by atoms with Gasteiger partial charge >= 0.3 is 0 Å². The van der Waals surface area contributed by atoms with Crippen molar-refractivity contribution in [3.05, 3.63) is 35.1 Å². The summed E-state index contributed by atoms with van der Waals surface area (Å²) in [4.78, 5) is 13.3. The number of aliphatic hydroxyl groups excluding tert-OH is 1. The second-order valence-corrected chi connectivity index (χ2v) is 3.87. The molecule has 0 unspecified atom stereocenters. The van der Waals surface area contributed by atoms with Crippen molar-refractivity contribution < 1.29 is 19.0 Å². The number of methoxy groups -OCH3 is 1. The number of hydrogen-bond acceptors (Lipinski definition) is 3. The molecule has 0 atom stereocenters. The zero-order valence-electron chi connectivity index (χ0n) is 10.9. The van der Waals surface area contributed by atoms with Gasteiger partial charge in [0, 0.05) is 26.3 Å². The minimum atomic E-state index is -0.626. The normalized spacial score (nSPS) is 9.68. The van der Waals surface area contributed by atoms with Crippen molar-refractivity contribution in [3.8, 4) is 11.8 Å². The number of carbonyl (C=O) groups is 1. The van der Waals surface area contributed by atoms with Gasteiger partial charge < -0.3 is 14.7 Å². The van der Waals surface area contributed by atoms with Crippen LogP contribution < -0.4 is 0 Å². The fourth-order valence-electron chi connectivity index (χ4n) is 1.44. The lowest BCUT2D eigenvalue weighted by Crippen LogP contribution is -2.30. The number of benzene rings is 1. The Labute approximate surface area is 111 Å². The molecule has 0 radical (unpaired) electrons. The summed E-state index contributed by atoms with van der Waals surface area (Å²) in [5, 5.41) is 8.55. The van der Waals surface area contributed by atoms with Gasteiger partial charge in [-0.2, -0.15) is 0 Å². The lowest BCUT2D eigenvalue weighted by atomic mass is 10.1. The molecule has 0 saturated carbocycles. The third-order valence-corrected chi connectivity index (χ3v) is 2.49. The third-order valence-electron chi connectivity index (χ3n) is 2.49. The third kappa shape index (κ3) is 4.36. The van der Waals surface area contributed by atoms with Crippen molar-refractivity contribution >= 4 is 5.91 Å². The van der Waals surface area contributed by atoms with Gasteiger partial charge in [0.1, 0.15) is 12.4 Å². The molecule has 0 aliphatic heterocycles. The molecular weight excluding hydrogens is 249 g/mol. The van der Waals surface area contributed by atoms with Gasteiger partial charge in [0.05, 0.1) is 12.2 Å². The largest absolute Gasteiger partial charge is 0.384 e. The molecule has 0 fully saturated rings. The summed E-state index contributed by atoms with van der Waals surface area (Å²) >= 11 is 0. The van der Waals surface area contributed by atoms with E-state index in [0.717, 1.165) is 0 Å².